The number of thiazole rings is 1. The van der Waals surface area contributed by atoms with Crippen molar-refractivity contribution in [3.63, 3.8) is 0 Å². The van der Waals surface area contributed by atoms with E-state index in [0.717, 1.165) is 54.0 Å². The molecule has 0 unspecified atom stereocenters. The monoisotopic (exact) mass is 1060 g/mol. The lowest BCUT2D eigenvalue weighted by molar-refractivity contribution is -0.142. The van der Waals surface area contributed by atoms with Gasteiger partial charge in [-0.15, -0.1) is 11.3 Å². The maximum atomic E-state index is 14.4. The van der Waals surface area contributed by atoms with Crippen LogP contribution in [0.2, 0.25) is 18.1 Å². The van der Waals surface area contributed by atoms with Crippen LogP contribution in [-0.4, -0.2) is 119 Å². The van der Waals surface area contributed by atoms with Gasteiger partial charge in [0, 0.05) is 30.8 Å². The van der Waals surface area contributed by atoms with Gasteiger partial charge in [-0.05, 0) is 100 Å². The Morgan fingerprint density at radius 1 is 0.919 bits per heavy atom. The number of aromatic nitrogens is 4. The fourth-order valence-electron chi connectivity index (χ4n) is 7.96. The lowest BCUT2D eigenvalue weighted by atomic mass is 10.0. The third kappa shape index (κ3) is 16.4. The van der Waals surface area contributed by atoms with Crippen molar-refractivity contribution >= 4 is 55.1 Å². The highest BCUT2D eigenvalue weighted by Crippen LogP contribution is 2.37. The normalized spacial score (nSPS) is 16.4. The molecule has 0 spiro atoms. The fraction of sp³-hybridized carbons (Fsp3) is 0.547. The molecule has 5 N–H and O–H groups in total. The molecule has 21 heteroatoms. The van der Waals surface area contributed by atoms with Gasteiger partial charge in [-0.1, -0.05) is 88.3 Å². The van der Waals surface area contributed by atoms with Gasteiger partial charge in [0.1, 0.15) is 43.1 Å². The van der Waals surface area contributed by atoms with E-state index in [4.69, 9.17) is 18.6 Å². The van der Waals surface area contributed by atoms with Crippen LogP contribution in [0.3, 0.4) is 0 Å². The Hall–Kier alpha value is -6.16. The molecule has 4 aromatic rings. The number of carbonyl (C=O) groups is 5. The number of nitrogens with zero attached hydrogens (tertiary/aromatic N) is 5. The van der Waals surface area contributed by atoms with Crippen LogP contribution < -0.4 is 30.7 Å². The average Bonchev–Trinajstić information content (AvgIpc) is 4.10. The summed E-state index contributed by atoms with van der Waals surface area (Å²) in [7, 11) is -1.76. The molecule has 0 radical (unpaired) electrons. The summed E-state index contributed by atoms with van der Waals surface area (Å²) in [5.74, 6) is -1.22. The Labute approximate surface area is 440 Å². The average molecular weight is 1060 g/mol. The Bertz CT molecular complexity index is 2530. The van der Waals surface area contributed by atoms with Crippen molar-refractivity contribution in [1.29, 1.82) is 0 Å². The van der Waals surface area contributed by atoms with Crippen molar-refractivity contribution in [3.05, 3.63) is 83.6 Å². The number of hydrogen-bond donors (Lipinski definition) is 5. The quantitative estimate of drug-likeness (QED) is 0.0228. The number of nitrogens with one attached hydrogen (secondary N) is 4. The maximum Gasteiger partial charge on any atom is 0.408 e. The third-order valence-electron chi connectivity index (χ3n) is 13.4. The summed E-state index contributed by atoms with van der Waals surface area (Å²) >= 11 is 1.50. The van der Waals surface area contributed by atoms with Gasteiger partial charge < -0.3 is 49.9 Å². The van der Waals surface area contributed by atoms with Gasteiger partial charge in [0.25, 0.3) is 5.88 Å². The topological polar surface area (TPSA) is 237 Å². The number of rotatable bonds is 26. The number of ether oxygens (including phenoxy) is 3. The molecule has 6 atom stereocenters. The number of hydrogen-bond acceptors (Lipinski definition) is 14. The van der Waals surface area contributed by atoms with Crippen LogP contribution in [0.25, 0.3) is 10.4 Å². The van der Waals surface area contributed by atoms with Crippen LogP contribution in [0, 0.1) is 12.8 Å². The molecule has 0 aliphatic carbocycles. The van der Waals surface area contributed by atoms with Crippen molar-refractivity contribution in [3.8, 4) is 22.1 Å². The molecule has 0 saturated carbocycles. The number of carbonyl (C=O) groups excluding carboxylic acids is 5. The second kappa shape index (κ2) is 26.9. The molecule has 19 nitrogen and oxygen atoms in total. The van der Waals surface area contributed by atoms with Crippen molar-refractivity contribution in [2.24, 2.45) is 5.92 Å². The van der Waals surface area contributed by atoms with Gasteiger partial charge >= 0.3 is 6.09 Å². The van der Waals surface area contributed by atoms with Crippen LogP contribution >= 0.6 is 11.3 Å². The van der Waals surface area contributed by atoms with Gasteiger partial charge in [-0.2, -0.15) is 0 Å². The van der Waals surface area contributed by atoms with Gasteiger partial charge in [0.05, 0.1) is 41.0 Å². The third-order valence-corrected chi connectivity index (χ3v) is 18.9. The molecule has 3 heterocycles. The van der Waals surface area contributed by atoms with Crippen molar-refractivity contribution in [2.45, 2.75) is 155 Å². The molecule has 5 amide bonds. The maximum absolute atomic E-state index is 14.4. The van der Waals surface area contributed by atoms with E-state index in [1.807, 2.05) is 45.9 Å². The number of aryl methyl sites for hydroxylation is 1. The Balaban J connectivity index is 1.19. The van der Waals surface area contributed by atoms with Crippen LogP contribution in [-0.2, 0) is 34.9 Å². The second-order valence-corrected chi connectivity index (χ2v) is 26.4. The summed E-state index contributed by atoms with van der Waals surface area (Å²) in [5, 5.41) is 30.4. The number of unbranched alkanes of at least 4 members (excludes halogenated alkanes) is 3. The highest BCUT2D eigenvalue weighted by molar-refractivity contribution is 7.13. The highest BCUT2D eigenvalue weighted by Gasteiger charge is 2.43. The summed E-state index contributed by atoms with van der Waals surface area (Å²) < 4.78 is 25.0. The molecule has 404 valence electrons. The van der Waals surface area contributed by atoms with Gasteiger partial charge in [-0.3, -0.25) is 19.2 Å². The fourth-order valence-corrected chi connectivity index (χ4v) is 9.85. The lowest BCUT2D eigenvalue weighted by Crippen LogP contribution is -2.50. The smallest absolute Gasteiger partial charge is 0.408 e. The number of β-amino-alcohol motifs (C(OH)–C–C–N with tert-alkyl or cyclic N) is 1. The Kier molecular flexibility index (Phi) is 21.3. The zero-order chi connectivity index (χ0) is 54.3. The molecule has 2 aromatic carbocycles. The van der Waals surface area contributed by atoms with Crippen molar-refractivity contribution < 1.29 is 47.7 Å². The first-order valence-corrected chi connectivity index (χ1v) is 29.2. The summed E-state index contributed by atoms with van der Waals surface area (Å²) in [4.78, 5) is 72.9. The molecule has 1 aliphatic heterocycles. The lowest BCUT2D eigenvalue weighted by Gasteiger charge is -2.36. The molecule has 74 heavy (non-hydrogen) atoms. The van der Waals surface area contributed by atoms with Crippen LogP contribution in [0.4, 0.5) is 10.5 Å². The number of aliphatic hydroxyl groups excluding tert-OH is 1. The van der Waals surface area contributed by atoms with Crippen molar-refractivity contribution in [1.82, 2.24) is 40.8 Å². The molecule has 2 aromatic heterocycles. The number of likely N-dealkylation sites (tertiary alicyclic amines) is 1. The van der Waals surface area contributed by atoms with E-state index in [0.29, 0.717) is 29.5 Å². The minimum absolute atomic E-state index is 0.00985. The predicted molar refractivity (Wildman–Crippen MR) is 287 cm³/mol. The molecular weight excluding hydrogens is 983 g/mol. The molecule has 5 rings (SSSR count). The number of aliphatic hydroxyl groups is 1. The number of alkyl carbamates (subject to hydrolysis) is 1. The summed E-state index contributed by atoms with van der Waals surface area (Å²) in [6, 6.07) is 8.58. The van der Waals surface area contributed by atoms with E-state index < -0.39 is 68.4 Å². The number of benzene rings is 2. The predicted octanol–water partition coefficient (Wildman–Crippen LogP) is 8.03. The number of amides is 5. The zero-order valence-corrected chi connectivity index (χ0v) is 46.7. The van der Waals surface area contributed by atoms with Crippen LogP contribution in [0.1, 0.15) is 116 Å². The summed E-state index contributed by atoms with van der Waals surface area (Å²) in [6.07, 6.45) is 5.24. The van der Waals surface area contributed by atoms with E-state index in [2.05, 4.69) is 77.0 Å². The Morgan fingerprint density at radius 3 is 2.26 bits per heavy atom. The zero-order valence-electron chi connectivity index (χ0n) is 44.9. The summed E-state index contributed by atoms with van der Waals surface area (Å²) in [5.41, 5.74) is 5.47. The first kappa shape index (κ1) is 58.7. The Morgan fingerprint density at radius 2 is 1.61 bits per heavy atom. The first-order chi connectivity index (χ1) is 35.0. The summed E-state index contributed by atoms with van der Waals surface area (Å²) in [6.45, 7) is 26.6. The molecular formula is C53H77N9O10SSi. The van der Waals surface area contributed by atoms with Crippen LogP contribution in [0.15, 0.2) is 66.8 Å². The molecule has 0 bridgehead atoms. The minimum atomic E-state index is -1.76. The molecule has 1 aliphatic rings. The van der Waals surface area contributed by atoms with E-state index in [1.165, 1.54) is 40.8 Å². The second-order valence-electron chi connectivity index (χ2n) is 20.7. The van der Waals surface area contributed by atoms with E-state index in [-0.39, 0.29) is 43.0 Å². The van der Waals surface area contributed by atoms with E-state index >= 15 is 0 Å². The first-order valence-electron chi connectivity index (χ1n) is 25.4. The van der Waals surface area contributed by atoms with E-state index in [9.17, 15) is 29.1 Å². The van der Waals surface area contributed by atoms with Gasteiger partial charge in [0.15, 0.2) is 8.32 Å². The minimum Gasteiger partial charge on any atom is -0.489 e. The van der Waals surface area contributed by atoms with Crippen LogP contribution in [0.5, 0.6) is 11.6 Å². The van der Waals surface area contributed by atoms with E-state index in [1.54, 1.807) is 36.0 Å². The number of anilines is 1. The largest absolute Gasteiger partial charge is 0.489 e. The standard InChI is InChI=1S/C53H77N9O10SSi/c1-13-24-70-52(68)57-37(7)48(64)56-36(6)49(65)58-40-21-18-38(19-22-40)31-71-44-27-39(47-35(5)54-32-73-47)20-23-42(44)34(4)55-50(66)43-28-41(63)29-61(43)51(67)46(33(2)3)62-30-45(59-60-62)69-25-16-14-15-17-26-72-74(11,12)53(8,9)10/h13,18-23,27,30,32-34,36-37,41,43,46,63H,1,14-17,24-26,28-29,31H2,2-12H3,(H,55,66)(H,56,64)(H,57,68)(H,58,65)/t34-,36-,37-,41+,43-,46-/m0/s1. The van der Waals surface area contributed by atoms with Gasteiger partial charge in [0.2, 0.25) is 23.6 Å². The molecule has 1 saturated heterocycles. The van der Waals surface area contributed by atoms with Crippen molar-refractivity contribution in [2.75, 3.05) is 31.7 Å². The van der Waals surface area contributed by atoms with Gasteiger partial charge in [-0.25, -0.2) is 14.5 Å². The SMILES string of the molecule is C=CCOC(=O)N[C@@H](C)C(=O)N[C@@H](C)C(=O)Nc1ccc(COc2cc(-c3scnc3C)ccc2[C@H](C)NC(=O)[C@@H]2C[C@@H](O)CN2C(=O)[C@H](C(C)C)n2cc(OCCCCCCO[Si](C)(C)C(C)(C)C)nn2)cc1. The highest BCUT2D eigenvalue weighted by atomic mass is 32.1. The molecule has 1 fully saturated rings.